The number of hydrogen-bond acceptors (Lipinski definition) is 5. The molecular formula is C20H15N3O4. The van der Waals surface area contributed by atoms with Crippen molar-refractivity contribution in [1.29, 1.82) is 0 Å². The average molecular weight is 361 g/mol. The van der Waals surface area contributed by atoms with Crippen LogP contribution in [0.5, 0.6) is 5.75 Å². The predicted molar refractivity (Wildman–Crippen MR) is 99.0 cm³/mol. The molecule has 2 heterocycles. The lowest BCUT2D eigenvalue weighted by Crippen LogP contribution is -2.24. The van der Waals surface area contributed by atoms with Gasteiger partial charge in [-0.15, -0.1) is 0 Å². The number of imide groups is 1. The Labute approximate surface area is 154 Å². The van der Waals surface area contributed by atoms with Crippen molar-refractivity contribution in [1.82, 2.24) is 9.88 Å². The molecule has 1 aromatic heterocycles. The maximum Gasteiger partial charge on any atom is 0.262 e. The summed E-state index contributed by atoms with van der Waals surface area (Å²) >= 11 is 0. The van der Waals surface area contributed by atoms with Crippen LogP contribution in [0.2, 0.25) is 0 Å². The highest BCUT2D eigenvalue weighted by Crippen LogP contribution is 2.23. The molecule has 3 aromatic rings. The first-order valence-corrected chi connectivity index (χ1v) is 8.23. The number of rotatable bonds is 4. The van der Waals surface area contributed by atoms with Crippen LogP contribution in [0.4, 0.5) is 5.82 Å². The van der Waals surface area contributed by atoms with Crippen molar-refractivity contribution in [3.8, 4) is 11.4 Å². The summed E-state index contributed by atoms with van der Waals surface area (Å²) in [6, 6.07) is 17.6. The normalized spacial score (nSPS) is 12.6. The number of amides is 2. The molecule has 0 fully saturated rings. The van der Waals surface area contributed by atoms with E-state index < -0.39 is 17.4 Å². The molecule has 0 radical (unpaired) electrons. The molecule has 2 aromatic carbocycles. The Morgan fingerprint density at radius 2 is 1.70 bits per heavy atom. The number of nitrogens with two attached hydrogens (primary N) is 1. The highest BCUT2D eigenvalue weighted by molar-refractivity contribution is 6.23. The Hall–Kier alpha value is -3.87. The topological polar surface area (TPSA) is 103 Å². The summed E-state index contributed by atoms with van der Waals surface area (Å²) in [6.45, 7) is 0.302. The SMILES string of the molecule is Nc1c2c(cc(=O)n1-c1cccc(COc3ccccc3)c1)C(=O)NC2=O. The van der Waals surface area contributed by atoms with Gasteiger partial charge in [0.25, 0.3) is 17.4 Å². The number of anilines is 1. The Bertz CT molecular complexity index is 1120. The van der Waals surface area contributed by atoms with E-state index in [9.17, 15) is 14.4 Å². The van der Waals surface area contributed by atoms with E-state index in [4.69, 9.17) is 10.5 Å². The van der Waals surface area contributed by atoms with Crippen molar-refractivity contribution in [3.05, 3.63) is 87.7 Å². The van der Waals surface area contributed by atoms with Crippen molar-refractivity contribution >= 4 is 17.6 Å². The fraction of sp³-hybridized carbons (Fsp3) is 0.0500. The standard InChI is InChI=1S/C20H15N3O4/c21-18-17-15(19(25)22-20(17)26)10-16(24)23(18)13-6-4-5-12(9-13)11-27-14-7-2-1-3-8-14/h1-10H,11,21H2,(H,22,25,26). The molecule has 0 unspecified atom stereocenters. The second kappa shape index (κ2) is 6.45. The summed E-state index contributed by atoms with van der Waals surface area (Å²) in [4.78, 5) is 36.2. The molecule has 0 saturated heterocycles. The number of pyridine rings is 1. The Kier molecular flexibility index (Phi) is 3.97. The van der Waals surface area contributed by atoms with Gasteiger partial charge in [0.1, 0.15) is 18.2 Å². The molecule has 3 N–H and O–H groups in total. The summed E-state index contributed by atoms with van der Waals surface area (Å²) < 4.78 is 6.93. The van der Waals surface area contributed by atoms with E-state index in [-0.39, 0.29) is 16.9 Å². The number of benzene rings is 2. The van der Waals surface area contributed by atoms with Gasteiger partial charge in [0.05, 0.1) is 16.8 Å². The number of ether oxygens (including phenoxy) is 1. The van der Waals surface area contributed by atoms with E-state index in [1.54, 1.807) is 18.2 Å². The first kappa shape index (κ1) is 16.6. The first-order valence-electron chi connectivity index (χ1n) is 8.23. The molecule has 1 aliphatic heterocycles. The van der Waals surface area contributed by atoms with Crippen LogP contribution in [0.25, 0.3) is 5.69 Å². The number of nitrogens with one attached hydrogen (secondary N) is 1. The predicted octanol–water partition coefficient (Wildman–Crippen LogP) is 1.88. The van der Waals surface area contributed by atoms with Gasteiger partial charge in [0.15, 0.2) is 0 Å². The van der Waals surface area contributed by atoms with Gasteiger partial charge in [-0.25, -0.2) is 0 Å². The van der Waals surface area contributed by atoms with Gasteiger partial charge in [0.2, 0.25) is 0 Å². The van der Waals surface area contributed by atoms with Crippen molar-refractivity contribution < 1.29 is 14.3 Å². The number of fused-ring (bicyclic) bond motifs is 1. The second-order valence-corrected chi connectivity index (χ2v) is 6.05. The van der Waals surface area contributed by atoms with Crippen LogP contribution in [0, 0.1) is 0 Å². The Balaban J connectivity index is 1.71. The zero-order valence-corrected chi connectivity index (χ0v) is 14.1. The number of nitrogens with zero attached hydrogens (tertiary/aromatic N) is 1. The zero-order chi connectivity index (χ0) is 19.0. The summed E-state index contributed by atoms with van der Waals surface area (Å²) in [7, 11) is 0. The van der Waals surface area contributed by atoms with Crippen molar-refractivity contribution in [2.75, 3.05) is 5.73 Å². The van der Waals surface area contributed by atoms with Gasteiger partial charge in [-0.2, -0.15) is 0 Å². The minimum atomic E-state index is -0.615. The minimum Gasteiger partial charge on any atom is -0.489 e. The maximum atomic E-state index is 12.5. The molecule has 0 atom stereocenters. The van der Waals surface area contributed by atoms with Gasteiger partial charge < -0.3 is 10.5 Å². The van der Waals surface area contributed by atoms with E-state index in [0.29, 0.717) is 12.3 Å². The van der Waals surface area contributed by atoms with E-state index in [1.165, 1.54) is 4.57 Å². The van der Waals surface area contributed by atoms with Crippen LogP contribution in [0.15, 0.2) is 65.5 Å². The molecule has 0 bridgehead atoms. The lowest BCUT2D eigenvalue weighted by molar-refractivity contribution is 0.0880. The minimum absolute atomic E-state index is 0.00214. The lowest BCUT2D eigenvalue weighted by Gasteiger charge is -2.13. The molecule has 7 nitrogen and oxygen atoms in total. The van der Waals surface area contributed by atoms with Gasteiger partial charge in [-0.05, 0) is 29.8 Å². The largest absolute Gasteiger partial charge is 0.489 e. The third-order valence-corrected chi connectivity index (χ3v) is 4.27. The second-order valence-electron chi connectivity index (χ2n) is 6.05. The van der Waals surface area contributed by atoms with Crippen LogP contribution in [-0.4, -0.2) is 16.4 Å². The summed E-state index contributed by atoms with van der Waals surface area (Å²) in [5.41, 5.74) is 6.90. The summed E-state index contributed by atoms with van der Waals surface area (Å²) in [5, 5.41) is 2.15. The molecule has 4 rings (SSSR count). The molecule has 1 aliphatic rings. The monoisotopic (exact) mass is 361 g/mol. The van der Waals surface area contributed by atoms with Crippen LogP contribution in [-0.2, 0) is 6.61 Å². The Morgan fingerprint density at radius 3 is 2.48 bits per heavy atom. The Morgan fingerprint density at radius 1 is 0.926 bits per heavy atom. The molecule has 0 spiro atoms. The molecule has 0 saturated carbocycles. The van der Waals surface area contributed by atoms with E-state index in [2.05, 4.69) is 5.32 Å². The zero-order valence-electron chi connectivity index (χ0n) is 14.1. The summed E-state index contributed by atoms with van der Waals surface area (Å²) in [6.07, 6.45) is 0. The molecular weight excluding hydrogens is 346 g/mol. The van der Waals surface area contributed by atoms with E-state index >= 15 is 0 Å². The third-order valence-electron chi connectivity index (χ3n) is 4.27. The molecule has 2 amide bonds. The van der Waals surface area contributed by atoms with Crippen molar-refractivity contribution in [2.45, 2.75) is 6.61 Å². The third kappa shape index (κ3) is 2.95. The number of carbonyl (C=O) groups excluding carboxylic acids is 2. The van der Waals surface area contributed by atoms with E-state index in [1.807, 2.05) is 36.4 Å². The van der Waals surface area contributed by atoms with Crippen molar-refractivity contribution in [2.24, 2.45) is 0 Å². The molecule has 134 valence electrons. The number of carbonyl (C=O) groups is 2. The van der Waals surface area contributed by atoms with Gasteiger partial charge in [-0.3, -0.25) is 24.3 Å². The van der Waals surface area contributed by atoms with Gasteiger partial charge in [-0.1, -0.05) is 30.3 Å². The highest BCUT2D eigenvalue weighted by Gasteiger charge is 2.31. The van der Waals surface area contributed by atoms with Crippen molar-refractivity contribution in [3.63, 3.8) is 0 Å². The fourth-order valence-corrected chi connectivity index (χ4v) is 3.01. The number of hydrogen-bond donors (Lipinski definition) is 2. The average Bonchev–Trinajstić information content (AvgIpc) is 2.95. The van der Waals surface area contributed by atoms with Crippen LogP contribution in [0.1, 0.15) is 26.3 Å². The van der Waals surface area contributed by atoms with Gasteiger partial charge in [0, 0.05) is 6.07 Å². The number of nitrogen functional groups attached to an aromatic ring is 1. The number of para-hydroxylation sites is 1. The number of aromatic nitrogens is 1. The molecule has 27 heavy (non-hydrogen) atoms. The smallest absolute Gasteiger partial charge is 0.262 e. The van der Waals surface area contributed by atoms with Crippen LogP contribution >= 0.6 is 0 Å². The van der Waals surface area contributed by atoms with Crippen LogP contribution in [0.3, 0.4) is 0 Å². The molecule has 0 aliphatic carbocycles. The first-order chi connectivity index (χ1) is 13.0. The maximum absolute atomic E-state index is 12.5. The molecule has 7 heteroatoms. The lowest BCUT2D eigenvalue weighted by atomic mass is 10.1. The summed E-state index contributed by atoms with van der Waals surface area (Å²) in [5.74, 6) is -0.560. The highest BCUT2D eigenvalue weighted by atomic mass is 16.5. The van der Waals surface area contributed by atoms with E-state index in [0.717, 1.165) is 17.4 Å². The van der Waals surface area contributed by atoms with Gasteiger partial charge >= 0.3 is 0 Å². The van der Waals surface area contributed by atoms with Crippen LogP contribution < -0.4 is 21.3 Å². The fourth-order valence-electron chi connectivity index (χ4n) is 3.01. The quantitative estimate of drug-likeness (QED) is 0.691.